The van der Waals surface area contributed by atoms with Crippen LogP contribution in [0, 0.1) is 12.7 Å². The van der Waals surface area contributed by atoms with E-state index in [1.54, 1.807) is 24.3 Å². The zero-order valence-electron chi connectivity index (χ0n) is 9.78. The van der Waals surface area contributed by atoms with Gasteiger partial charge in [0.2, 0.25) is 0 Å². The Hall–Kier alpha value is -1.39. The molecule has 2 rings (SSSR count). The lowest BCUT2D eigenvalue weighted by atomic mass is 10.1. The van der Waals surface area contributed by atoms with Crippen molar-refractivity contribution in [1.82, 2.24) is 0 Å². The first-order valence-electron chi connectivity index (χ1n) is 5.43. The van der Waals surface area contributed by atoms with Crippen LogP contribution in [-0.2, 0) is 6.61 Å². The monoisotopic (exact) mass is 310 g/mol. The number of aliphatic hydroxyl groups is 1. The standard InChI is InChI=1S/C14H12BrFO2/c1-9-6-11(3-2-10(9)8-17)18-12-4-5-13(15)14(16)7-12/h2-7,17H,8H2,1H3. The van der Waals surface area contributed by atoms with E-state index >= 15 is 0 Å². The van der Waals surface area contributed by atoms with Crippen LogP contribution in [0.2, 0.25) is 0 Å². The Bertz CT molecular complexity index is 570. The highest BCUT2D eigenvalue weighted by molar-refractivity contribution is 9.10. The van der Waals surface area contributed by atoms with Gasteiger partial charge in [-0.1, -0.05) is 6.07 Å². The Balaban J connectivity index is 2.23. The molecule has 0 amide bonds. The Morgan fingerprint density at radius 1 is 1.17 bits per heavy atom. The SMILES string of the molecule is Cc1cc(Oc2ccc(Br)c(F)c2)ccc1CO. The quantitative estimate of drug-likeness (QED) is 0.921. The lowest BCUT2D eigenvalue weighted by Crippen LogP contribution is -1.91. The number of rotatable bonds is 3. The van der Waals surface area contributed by atoms with E-state index < -0.39 is 0 Å². The molecular formula is C14H12BrFO2. The van der Waals surface area contributed by atoms with Crippen LogP contribution < -0.4 is 4.74 Å². The minimum atomic E-state index is -0.365. The molecule has 0 fully saturated rings. The van der Waals surface area contributed by atoms with Crippen LogP contribution >= 0.6 is 15.9 Å². The van der Waals surface area contributed by atoms with E-state index in [1.165, 1.54) is 6.07 Å². The number of hydrogen-bond donors (Lipinski definition) is 1. The van der Waals surface area contributed by atoms with Gasteiger partial charge in [0.1, 0.15) is 17.3 Å². The Kier molecular flexibility index (Phi) is 3.99. The maximum atomic E-state index is 13.3. The lowest BCUT2D eigenvalue weighted by Gasteiger charge is -2.09. The molecule has 0 unspecified atom stereocenters. The van der Waals surface area contributed by atoms with Crippen LogP contribution in [-0.4, -0.2) is 5.11 Å². The molecule has 2 nitrogen and oxygen atoms in total. The predicted octanol–water partition coefficient (Wildman–Crippen LogP) is 4.18. The molecule has 0 bridgehead atoms. The van der Waals surface area contributed by atoms with Crippen LogP contribution in [0.4, 0.5) is 4.39 Å². The maximum absolute atomic E-state index is 13.3. The first-order valence-corrected chi connectivity index (χ1v) is 6.23. The van der Waals surface area contributed by atoms with Crippen molar-refractivity contribution in [2.24, 2.45) is 0 Å². The van der Waals surface area contributed by atoms with Gasteiger partial charge in [-0.05, 0) is 58.2 Å². The zero-order chi connectivity index (χ0) is 13.1. The number of halogens is 2. The summed E-state index contributed by atoms with van der Waals surface area (Å²) in [5.74, 6) is 0.689. The van der Waals surface area contributed by atoms with E-state index in [1.807, 2.05) is 13.0 Å². The van der Waals surface area contributed by atoms with E-state index in [0.717, 1.165) is 11.1 Å². The van der Waals surface area contributed by atoms with Crippen molar-refractivity contribution in [3.8, 4) is 11.5 Å². The minimum Gasteiger partial charge on any atom is -0.457 e. The van der Waals surface area contributed by atoms with E-state index in [0.29, 0.717) is 16.0 Å². The molecule has 0 aliphatic carbocycles. The molecule has 0 aliphatic rings. The molecular weight excluding hydrogens is 299 g/mol. The van der Waals surface area contributed by atoms with Gasteiger partial charge < -0.3 is 9.84 Å². The van der Waals surface area contributed by atoms with Crippen LogP contribution in [0.15, 0.2) is 40.9 Å². The highest BCUT2D eigenvalue weighted by atomic mass is 79.9. The summed E-state index contributed by atoms with van der Waals surface area (Å²) >= 11 is 3.09. The van der Waals surface area contributed by atoms with Crippen LogP contribution in [0.3, 0.4) is 0 Å². The summed E-state index contributed by atoms with van der Waals surface area (Å²) < 4.78 is 19.3. The molecule has 0 aromatic heterocycles. The smallest absolute Gasteiger partial charge is 0.141 e. The lowest BCUT2D eigenvalue weighted by molar-refractivity contribution is 0.281. The summed E-state index contributed by atoms with van der Waals surface area (Å²) in [6.07, 6.45) is 0. The fraction of sp³-hybridized carbons (Fsp3) is 0.143. The molecule has 0 spiro atoms. The normalized spacial score (nSPS) is 10.4. The molecule has 0 saturated heterocycles. The van der Waals surface area contributed by atoms with E-state index in [2.05, 4.69) is 15.9 Å². The average molecular weight is 311 g/mol. The third-order valence-corrected chi connectivity index (χ3v) is 3.25. The summed E-state index contributed by atoms with van der Waals surface area (Å²) in [5, 5.41) is 9.07. The van der Waals surface area contributed by atoms with E-state index in [4.69, 9.17) is 9.84 Å². The van der Waals surface area contributed by atoms with Crippen LogP contribution in [0.25, 0.3) is 0 Å². The molecule has 0 saturated carbocycles. The van der Waals surface area contributed by atoms with Gasteiger partial charge in [-0.3, -0.25) is 0 Å². The number of aliphatic hydroxyl groups excluding tert-OH is 1. The van der Waals surface area contributed by atoms with Crippen LogP contribution in [0.1, 0.15) is 11.1 Å². The van der Waals surface area contributed by atoms with Crippen molar-refractivity contribution in [3.63, 3.8) is 0 Å². The second-order valence-electron chi connectivity index (χ2n) is 3.92. The zero-order valence-corrected chi connectivity index (χ0v) is 11.4. The average Bonchev–Trinajstić information content (AvgIpc) is 2.34. The van der Waals surface area contributed by atoms with Gasteiger partial charge in [-0.2, -0.15) is 0 Å². The van der Waals surface area contributed by atoms with Crippen LogP contribution in [0.5, 0.6) is 11.5 Å². The molecule has 18 heavy (non-hydrogen) atoms. The Morgan fingerprint density at radius 2 is 1.83 bits per heavy atom. The molecule has 2 aromatic rings. The fourth-order valence-corrected chi connectivity index (χ4v) is 1.83. The van der Waals surface area contributed by atoms with Gasteiger partial charge in [0, 0.05) is 6.07 Å². The fourth-order valence-electron chi connectivity index (χ4n) is 1.59. The molecule has 1 N–H and O–H groups in total. The van der Waals surface area contributed by atoms with Crippen molar-refractivity contribution in [3.05, 3.63) is 57.8 Å². The van der Waals surface area contributed by atoms with Gasteiger partial charge in [-0.15, -0.1) is 0 Å². The Morgan fingerprint density at radius 3 is 2.44 bits per heavy atom. The maximum Gasteiger partial charge on any atom is 0.141 e. The van der Waals surface area contributed by atoms with Crippen molar-refractivity contribution in [2.45, 2.75) is 13.5 Å². The Labute approximate surface area is 113 Å². The summed E-state index contributed by atoms with van der Waals surface area (Å²) in [7, 11) is 0. The summed E-state index contributed by atoms with van der Waals surface area (Å²) in [6, 6.07) is 9.95. The third kappa shape index (κ3) is 2.89. The highest BCUT2D eigenvalue weighted by Crippen LogP contribution is 2.27. The van der Waals surface area contributed by atoms with E-state index in [9.17, 15) is 4.39 Å². The summed E-state index contributed by atoms with van der Waals surface area (Å²) in [5.41, 5.74) is 1.79. The van der Waals surface area contributed by atoms with Crippen molar-refractivity contribution < 1.29 is 14.2 Å². The molecule has 0 aliphatic heterocycles. The predicted molar refractivity (Wildman–Crippen MR) is 71.3 cm³/mol. The largest absolute Gasteiger partial charge is 0.457 e. The van der Waals surface area contributed by atoms with Gasteiger partial charge in [-0.25, -0.2) is 4.39 Å². The molecule has 94 valence electrons. The summed E-state index contributed by atoms with van der Waals surface area (Å²) in [4.78, 5) is 0. The van der Waals surface area contributed by atoms with Gasteiger partial charge >= 0.3 is 0 Å². The second kappa shape index (κ2) is 5.50. The van der Waals surface area contributed by atoms with E-state index in [-0.39, 0.29) is 12.4 Å². The first kappa shape index (κ1) is 13.1. The van der Waals surface area contributed by atoms with Crippen molar-refractivity contribution in [2.75, 3.05) is 0 Å². The number of hydrogen-bond acceptors (Lipinski definition) is 2. The topological polar surface area (TPSA) is 29.5 Å². The van der Waals surface area contributed by atoms with Crippen molar-refractivity contribution in [1.29, 1.82) is 0 Å². The van der Waals surface area contributed by atoms with Gasteiger partial charge in [0.25, 0.3) is 0 Å². The first-order chi connectivity index (χ1) is 8.60. The van der Waals surface area contributed by atoms with Gasteiger partial charge in [0.05, 0.1) is 11.1 Å². The number of ether oxygens (including phenoxy) is 1. The molecule has 0 heterocycles. The number of aryl methyl sites for hydroxylation is 1. The molecule has 2 aromatic carbocycles. The van der Waals surface area contributed by atoms with Crippen molar-refractivity contribution >= 4 is 15.9 Å². The molecule has 0 radical (unpaired) electrons. The molecule has 4 heteroatoms. The highest BCUT2D eigenvalue weighted by Gasteiger charge is 2.04. The minimum absolute atomic E-state index is 0.000967. The molecule has 0 atom stereocenters. The third-order valence-electron chi connectivity index (χ3n) is 2.61. The second-order valence-corrected chi connectivity index (χ2v) is 4.78. The van der Waals surface area contributed by atoms with Gasteiger partial charge in [0.15, 0.2) is 0 Å². The number of benzene rings is 2. The summed E-state index contributed by atoms with van der Waals surface area (Å²) in [6.45, 7) is 1.89.